The average molecular weight is 495 g/mol. The maximum Gasteiger partial charge on any atom is 0.144 e. The lowest BCUT2D eigenvalue weighted by atomic mass is 9.86. The molecule has 0 aliphatic carbocycles. The van der Waals surface area contributed by atoms with E-state index in [1.54, 1.807) is 6.92 Å². The Bertz CT molecular complexity index is 927. The van der Waals surface area contributed by atoms with Crippen molar-refractivity contribution >= 4 is 6.72 Å². The molecule has 196 valence electrons. The summed E-state index contributed by atoms with van der Waals surface area (Å²) in [4.78, 5) is 6.00. The molecule has 0 spiro atoms. The zero-order valence-electron chi connectivity index (χ0n) is 22.0. The topological polar surface area (TPSA) is 92.7 Å². The minimum absolute atomic E-state index is 0.000415. The Morgan fingerprint density at radius 1 is 1.03 bits per heavy atom. The molecule has 3 N–H and O–H groups in total. The summed E-state index contributed by atoms with van der Waals surface area (Å²) in [6, 6.07) is 18.4. The van der Waals surface area contributed by atoms with Crippen LogP contribution in [-0.2, 0) is 6.42 Å². The van der Waals surface area contributed by atoms with Crippen molar-refractivity contribution in [3.8, 4) is 11.8 Å². The van der Waals surface area contributed by atoms with Crippen molar-refractivity contribution in [3.63, 3.8) is 0 Å². The van der Waals surface area contributed by atoms with E-state index in [0.29, 0.717) is 18.7 Å². The molecule has 0 heterocycles. The SMILES string of the molecule is C=NC(C)N(CC[C@H](c1ccccc1)c1cc(CCCC[OH+]CCCCCC#N)ccc1O)C(C)O. The molecule has 0 aliphatic rings. The normalized spacial score (nSPS) is 13.8. The van der Waals surface area contributed by atoms with Crippen molar-refractivity contribution in [1.29, 1.82) is 5.26 Å². The van der Waals surface area contributed by atoms with E-state index in [9.17, 15) is 10.2 Å². The van der Waals surface area contributed by atoms with Gasteiger partial charge in [0, 0.05) is 37.3 Å². The van der Waals surface area contributed by atoms with Gasteiger partial charge in [-0.05, 0) is 69.9 Å². The first-order valence-corrected chi connectivity index (χ1v) is 13.2. The van der Waals surface area contributed by atoms with E-state index in [2.05, 4.69) is 40.7 Å². The number of aryl methyl sites for hydroxylation is 1. The van der Waals surface area contributed by atoms with E-state index in [1.807, 2.05) is 42.2 Å². The third kappa shape index (κ3) is 10.1. The summed E-state index contributed by atoms with van der Waals surface area (Å²) < 4.78 is 4.62. The van der Waals surface area contributed by atoms with Gasteiger partial charge < -0.3 is 14.9 Å². The number of aliphatic hydroxyl groups excluding tert-OH is 1. The number of benzene rings is 2. The monoisotopic (exact) mass is 494 g/mol. The summed E-state index contributed by atoms with van der Waals surface area (Å²) in [6.45, 7) is 9.70. The predicted octanol–water partition coefficient (Wildman–Crippen LogP) is 5.54. The highest BCUT2D eigenvalue weighted by molar-refractivity contribution is 5.43. The van der Waals surface area contributed by atoms with Gasteiger partial charge in [0.05, 0.1) is 6.07 Å². The van der Waals surface area contributed by atoms with E-state index in [-0.39, 0.29) is 12.1 Å². The van der Waals surface area contributed by atoms with Gasteiger partial charge >= 0.3 is 0 Å². The number of aliphatic hydroxyl groups is 3. The van der Waals surface area contributed by atoms with Crippen LogP contribution in [0.1, 0.15) is 81.4 Å². The first-order chi connectivity index (χ1) is 17.5. The number of nitrogens with zero attached hydrogens (tertiary/aromatic N) is 3. The van der Waals surface area contributed by atoms with Gasteiger partial charge in [-0.2, -0.15) is 5.26 Å². The Morgan fingerprint density at radius 2 is 1.75 bits per heavy atom. The van der Waals surface area contributed by atoms with Crippen LogP contribution < -0.4 is 0 Å². The number of aromatic hydroxyl groups is 1. The van der Waals surface area contributed by atoms with E-state index < -0.39 is 6.23 Å². The minimum Gasteiger partial charge on any atom is -0.508 e. The lowest BCUT2D eigenvalue weighted by Crippen LogP contribution is -2.40. The summed E-state index contributed by atoms with van der Waals surface area (Å²) in [5.41, 5.74) is 3.28. The summed E-state index contributed by atoms with van der Waals surface area (Å²) in [6.07, 6.45) is 6.72. The molecule has 2 aromatic carbocycles. The number of hydrogen-bond donors (Lipinski definition) is 2. The molecule has 0 radical (unpaired) electrons. The van der Waals surface area contributed by atoms with Crippen molar-refractivity contribution in [3.05, 3.63) is 65.2 Å². The van der Waals surface area contributed by atoms with Crippen LogP contribution >= 0.6 is 0 Å². The number of unbranched alkanes of at least 4 members (excludes halogenated alkanes) is 4. The number of phenols is 1. The quantitative estimate of drug-likeness (QED) is 0.123. The highest BCUT2D eigenvalue weighted by Gasteiger charge is 2.23. The Balaban J connectivity index is 2.00. The van der Waals surface area contributed by atoms with Crippen LogP contribution in [0.5, 0.6) is 5.75 Å². The minimum atomic E-state index is -0.634. The van der Waals surface area contributed by atoms with Gasteiger partial charge in [0.15, 0.2) is 0 Å². The second-order valence-corrected chi connectivity index (χ2v) is 9.43. The Hall–Kier alpha value is -2.72. The number of aliphatic imine (C=N–C) groups is 1. The summed E-state index contributed by atoms with van der Waals surface area (Å²) in [7, 11) is 0. The fraction of sp³-hybridized carbons (Fsp3) is 0.533. The zero-order valence-corrected chi connectivity index (χ0v) is 22.0. The van der Waals surface area contributed by atoms with Gasteiger partial charge in [-0.1, -0.05) is 42.5 Å². The smallest absolute Gasteiger partial charge is 0.144 e. The lowest BCUT2D eigenvalue weighted by Gasteiger charge is -2.31. The molecule has 0 saturated carbocycles. The van der Waals surface area contributed by atoms with Gasteiger partial charge in [-0.3, -0.25) is 9.89 Å². The Kier molecular flexibility index (Phi) is 13.8. The average Bonchev–Trinajstić information content (AvgIpc) is 2.89. The molecular weight excluding hydrogens is 450 g/mol. The number of nitriles is 1. The summed E-state index contributed by atoms with van der Waals surface area (Å²) in [5, 5.41) is 29.7. The van der Waals surface area contributed by atoms with Crippen molar-refractivity contribution in [2.24, 2.45) is 4.99 Å². The molecular formula is C30H44N3O3+. The highest BCUT2D eigenvalue weighted by Crippen LogP contribution is 2.35. The second kappa shape index (κ2) is 16.9. The molecule has 0 bridgehead atoms. The third-order valence-electron chi connectivity index (χ3n) is 6.71. The van der Waals surface area contributed by atoms with Crippen LogP contribution in [-0.4, -0.2) is 58.7 Å². The van der Waals surface area contributed by atoms with Crippen molar-refractivity contribution in [1.82, 2.24) is 4.90 Å². The molecule has 0 aliphatic heterocycles. The maximum absolute atomic E-state index is 10.8. The van der Waals surface area contributed by atoms with Crippen molar-refractivity contribution in [2.45, 2.75) is 83.5 Å². The maximum atomic E-state index is 10.8. The molecule has 2 rings (SSSR count). The molecule has 36 heavy (non-hydrogen) atoms. The molecule has 3 atom stereocenters. The second-order valence-electron chi connectivity index (χ2n) is 9.43. The largest absolute Gasteiger partial charge is 0.508 e. The van der Waals surface area contributed by atoms with Crippen LogP contribution in [0.15, 0.2) is 53.5 Å². The number of hydrogen-bond acceptors (Lipinski definition) is 5. The molecule has 6 nitrogen and oxygen atoms in total. The summed E-state index contributed by atoms with van der Waals surface area (Å²) in [5.74, 6) is 0.304. The third-order valence-corrected chi connectivity index (χ3v) is 6.71. The predicted molar refractivity (Wildman–Crippen MR) is 147 cm³/mol. The van der Waals surface area contributed by atoms with Crippen molar-refractivity contribution in [2.75, 3.05) is 19.8 Å². The molecule has 0 aromatic heterocycles. The molecule has 0 fully saturated rings. The lowest BCUT2D eigenvalue weighted by molar-refractivity contribution is -0.0412. The molecule has 0 amide bonds. The number of ether oxygens (including phenoxy) is 1. The number of phenolic OH excluding ortho intramolecular Hbond substituents is 1. The van der Waals surface area contributed by atoms with Gasteiger partial charge in [-0.15, -0.1) is 0 Å². The highest BCUT2D eigenvalue weighted by atomic mass is 16.5. The van der Waals surface area contributed by atoms with Gasteiger partial charge in [0.25, 0.3) is 0 Å². The zero-order chi connectivity index (χ0) is 26.2. The van der Waals surface area contributed by atoms with E-state index in [0.717, 1.165) is 69.3 Å². The molecule has 0 saturated heterocycles. The molecule has 2 aromatic rings. The fourth-order valence-electron chi connectivity index (χ4n) is 4.56. The van der Waals surface area contributed by atoms with Crippen molar-refractivity contribution < 1.29 is 14.9 Å². The first-order valence-electron chi connectivity index (χ1n) is 13.2. The van der Waals surface area contributed by atoms with E-state index in [1.165, 1.54) is 5.56 Å². The Labute approximate surface area is 217 Å². The number of rotatable bonds is 18. The molecule has 2 unspecified atom stereocenters. The van der Waals surface area contributed by atoms with Crippen LogP contribution in [0.4, 0.5) is 0 Å². The van der Waals surface area contributed by atoms with Gasteiger partial charge in [-0.25, -0.2) is 0 Å². The summed E-state index contributed by atoms with van der Waals surface area (Å²) >= 11 is 0. The van der Waals surface area contributed by atoms with Gasteiger partial charge in [0.2, 0.25) is 0 Å². The van der Waals surface area contributed by atoms with Crippen LogP contribution in [0.2, 0.25) is 0 Å². The van der Waals surface area contributed by atoms with Crippen LogP contribution in [0.25, 0.3) is 0 Å². The first kappa shape index (κ1) is 29.5. The molecule has 6 heteroatoms. The van der Waals surface area contributed by atoms with E-state index >= 15 is 0 Å². The van der Waals surface area contributed by atoms with Gasteiger partial charge in [0.1, 0.15) is 31.4 Å². The van der Waals surface area contributed by atoms with Crippen LogP contribution in [0.3, 0.4) is 0 Å². The van der Waals surface area contributed by atoms with E-state index in [4.69, 9.17) is 5.26 Å². The standard InChI is InChI=1S/C30H43N3O3/c1-24(32-3)33(25(2)34)20-18-28(27-14-7-6-8-15-27)29-23-26(16-17-30(29)35)13-9-12-22-36-21-11-5-4-10-19-31/h6-8,14-17,23-25,28,34-35H,3-5,9-13,18,20-22H2,1-2H3/p+1/t24?,25?,28-/m1/s1. The van der Waals surface area contributed by atoms with Crippen LogP contribution in [0, 0.1) is 11.3 Å². The Morgan fingerprint density at radius 3 is 2.42 bits per heavy atom. The fourth-order valence-corrected chi connectivity index (χ4v) is 4.56.